The monoisotopic (exact) mass is 575 g/mol. The second-order valence-electron chi connectivity index (χ2n) is 11.5. The molecule has 45 heavy (non-hydrogen) atoms. The lowest BCUT2D eigenvalue weighted by atomic mass is 10.0. The number of nitriles is 1. The molecule has 0 spiro atoms. The molecule has 0 radical (unpaired) electrons. The van der Waals surface area contributed by atoms with Crippen LogP contribution in [-0.4, -0.2) is 19.1 Å². The Labute approximate surface area is 258 Å². The molecule has 3 heterocycles. The highest BCUT2D eigenvalue weighted by Crippen LogP contribution is 2.38. The van der Waals surface area contributed by atoms with Gasteiger partial charge in [0.05, 0.1) is 27.6 Å². The second-order valence-corrected chi connectivity index (χ2v) is 11.5. The van der Waals surface area contributed by atoms with Crippen molar-refractivity contribution < 1.29 is 0 Å². The number of aryl methyl sites for hydroxylation is 1. The topological polar surface area (TPSA) is 59.4 Å². The van der Waals surface area contributed by atoms with E-state index < -0.39 is 0 Å². The Bertz CT molecular complexity index is 2670. The molecule has 0 N–H and O–H groups in total. The van der Waals surface area contributed by atoms with E-state index in [1.165, 1.54) is 27.4 Å². The van der Waals surface area contributed by atoms with Crippen molar-refractivity contribution in [2.24, 2.45) is 0 Å². The summed E-state index contributed by atoms with van der Waals surface area (Å²) in [5.74, 6) is 0.495. The summed E-state index contributed by atoms with van der Waals surface area (Å²) in [7, 11) is 0. The molecule has 0 aliphatic heterocycles. The Morgan fingerprint density at radius 2 is 1.04 bits per heavy atom. The highest BCUT2D eigenvalue weighted by Gasteiger charge is 2.18. The zero-order valence-corrected chi connectivity index (χ0v) is 24.4. The molecule has 0 aliphatic carbocycles. The minimum absolute atomic E-state index is 0.372. The summed E-state index contributed by atoms with van der Waals surface area (Å²) in [6.07, 6.45) is 0. The number of hydrogen-bond acceptors (Lipinski definition) is 3. The molecule has 0 amide bonds. The summed E-state index contributed by atoms with van der Waals surface area (Å²) in [6.45, 7) is 2.12. The van der Waals surface area contributed by atoms with Gasteiger partial charge in [-0.1, -0.05) is 78.4 Å². The van der Waals surface area contributed by atoms with Gasteiger partial charge in [0.25, 0.3) is 0 Å². The van der Waals surface area contributed by atoms with Crippen molar-refractivity contribution in [1.82, 2.24) is 19.1 Å². The summed E-state index contributed by atoms with van der Waals surface area (Å²) < 4.78 is 4.42. The van der Waals surface area contributed by atoms with E-state index >= 15 is 0 Å². The molecule has 9 rings (SSSR count). The molecule has 0 aliphatic rings. The summed E-state index contributed by atoms with van der Waals surface area (Å²) in [4.78, 5) is 9.63. The Morgan fingerprint density at radius 3 is 1.69 bits per heavy atom. The maximum absolute atomic E-state index is 9.91. The number of fused-ring (bicyclic) bond motifs is 7. The van der Waals surface area contributed by atoms with E-state index in [0.717, 1.165) is 49.5 Å². The first kappa shape index (κ1) is 25.3. The largest absolute Gasteiger partial charge is 0.309 e. The van der Waals surface area contributed by atoms with Crippen molar-refractivity contribution >= 4 is 54.5 Å². The van der Waals surface area contributed by atoms with Crippen LogP contribution in [0.1, 0.15) is 11.3 Å². The molecule has 0 fully saturated rings. The fourth-order valence-electron chi connectivity index (χ4n) is 6.74. The maximum Gasteiger partial charge on any atom is 0.236 e. The van der Waals surface area contributed by atoms with Gasteiger partial charge in [-0.2, -0.15) is 5.26 Å². The van der Waals surface area contributed by atoms with Crippen LogP contribution in [-0.2, 0) is 0 Å². The van der Waals surface area contributed by atoms with E-state index in [1.54, 1.807) is 0 Å². The first-order chi connectivity index (χ1) is 22.2. The van der Waals surface area contributed by atoms with Gasteiger partial charge < -0.3 is 4.57 Å². The molecule has 6 aromatic carbocycles. The van der Waals surface area contributed by atoms with Crippen LogP contribution in [0.15, 0.2) is 133 Å². The van der Waals surface area contributed by atoms with Gasteiger partial charge in [0.15, 0.2) is 5.69 Å². The average molecular weight is 576 g/mol. The molecule has 3 aromatic heterocycles. The quantitative estimate of drug-likeness (QED) is 0.211. The standard InChI is InChI=1S/C40H25N5/c1-25-14-18-28(19-15-25)44-36-12-6-3-8-29(36)32-22-26(16-20-38(32)44)27-17-21-39-33(23-27)30-9-4-7-13-37(30)45(39)40-42-34-11-5-2-10-31(34)35(24-41)43-40/h2-23H,1H3. The highest BCUT2D eigenvalue weighted by atomic mass is 15.2. The lowest BCUT2D eigenvalue weighted by Crippen LogP contribution is -2.03. The zero-order chi connectivity index (χ0) is 30.1. The molecule has 5 nitrogen and oxygen atoms in total. The third kappa shape index (κ3) is 3.80. The maximum atomic E-state index is 9.91. The minimum Gasteiger partial charge on any atom is -0.309 e. The molecule has 0 unspecified atom stereocenters. The lowest BCUT2D eigenvalue weighted by molar-refractivity contribution is 1.00. The predicted molar refractivity (Wildman–Crippen MR) is 183 cm³/mol. The summed E-state index contributed by atoms with van der Waals surface area (Å²) in [5.41, 5.74) is 10.2. The highest BCUT2D eigenvalue weighted by molar-refractivity contribution is 6.12. The molecular weight excluding hydrogens is 550 g/mol. The van der Waals surface area contributed by atoms with Crippen molar-refractivity contribution in [2.75, 3.05) is 0 Å². The van der Waals surface area contributed by atoms with Crippen LogP contribution in [0.25, 0.3) is 77.3 Å². The van der Waals surface area contributed by atoms with Crippen LogP contribution in [0.3, 0.4) is 0 Å². The van der Waals surface area contributed by atoms with E-state index in [-0.39, 0.29) is 0 Å². The van der Waals surface area contributed by atoms with E-state index in [2.05, 4.69) is 125 Å². The van der Waals surface area contributed by atoms with E-state index in [0.29, 0.717) is 11.6 Å². The van der Waals surface area contributed by atoms with Gasteiger partial charge in [-0.25, -0.2) is 9.97 Å². The minimum atomic E-state index is 0.372. The number of benzene rings is 6. The molecule has 0 saturated carbocycles. The van der Waals surface area contributed by atoms with Gasteiger partial charge in [0, 0.05) is 32.6 Å². The van der Waals surface area contributed by atoms with Crippen molar-refractivity contribution in [3.05, 3.63) is 145 Å². The van der Waals surface area contributed by atoms with Crippen LogP contribution >= 0.6 is 0 Å². The van der Waals surface area contributed by atoms with Gasteiger partial charge in [-0.3, -0.25) is 4.57 Å². The molecule has 0 saturated heterocycles. The third-order valence-corrected chi connectivity index (χ3v) is 8.87. The van der Waals surface area contributed by atoms with Gasteiger partial charge >= 0.3 is 0 Å². The average Bonchev–Trinajstić information content (AvgIpc) is 3.60. The Morgan fingerprint density at radius 1 is 0.511 bits per heavy atom. The van der Waals surface area contributed by atoms with Crippen LogP contribution in [0.4, 0.5) is 0 Å². The lowest BCUT2D eigenvalue weighted by Gasteiger charge is -2.09. The first-order valence-electron chi connectivity index (χ1n) is 15.0. The number of hydrogen-bond donors (Lipinski definition) is 0. The van der Waals surface area contributed by atoms with Gasteiger partial charge in [0.1, 0.15) is 6.07 Å². The SMILES string of the molecule is Cc1ccc(-n2c3ccccc3c3cc(-c4ccc5c(c4)c4ccccc4n5-c4nc(C#N)c5ccccc5n4)ccc32)cc1. The fourth-order valence-corrected chi connectivity index (χ4v) is 6.74. The summed E-state index contributed by atoms with van der Waals surface area (Å²) >= 11 is 0. The van der Waals surface area contributed by atoms with Crippen LogP contribution in [0.5, 0.6) is 0 Å². The van der Waals surface area contributed by atoms with Crippen molar-refractivity contribution in [1.29, 1.82) is 5.26 Å². The molecule has 0 atom stereocenters. The number of rotatable bonds is 3. The molecule has 210 valence electrons. The van der Waals surface area contributed by atoms with E-state index in [9.17, 15) is 5.26 Å². The van der Waals surface area contributed by atoms with Crippen molar-refractivity contribution in [3.8, 4) is 28.8 Å². The Balaban J connectivity index is 1.25. The molecular formula is C40H25N5. The van der Waals surface area contributed by atoms with E-state index in [1.807, 2.05) is 30.3 Å². The fraction of sp³-hybridized carbons (Fsp3) is 0.0250. The second kappa shape index (κ2) is 9.63. The summed E-state index contributed by atoms with van der Waals surface area (Å²) in [6, 6.07) is 49.0. The van der Waals surface area contributed by atoms with Gasteiger partial charge in [-0.05, 0) is 78.7 Å². The molecule has 0 bridgehead atoms. The number of para-hydroxylation sites is 3. The predicted octanol–water partition coefficient (Wildman–Crippen LogP) is 9.67. The van der Waals surface area contributed by atoms with Crippen molar-refractivity contribution in [2.45, 2.75) is 6.92 Å². The zero-order valence-electron chi connectivity index (χ0n) is 24.4. The third-order valence-electron chi connectivity index (χ3n) is 8.87. The van der Waals surface area contributed by atoms with Crippen LogP contribution in [0.2, 0.25) is 0 Å². The van der Waals surface area contributed by atoms with Crippen LogP contribution in [0, 0.1) is 18.3 Å². The van der Waals surface area contributed by atoms with Gasteiger partial charge in [0.2, 0.25) is 5.95 Å². The molecule has 9 aromatic rings. The van der Waals surface area contributed by atoms with Gasteiger partial charge in [-0.15, -0.1) is 0 Å². The number of nitrogens with zero attached hydrogens (tertiary/aromatic N) is 5. The smallest absolute Gasteiger partial charge is 0.236 e. The Kier molecular flexibility index (Phi) is 5.41. The van der Waals surface area contributed by atoms with Crippen LogP contribution < -0.4 is 0 Å². The summed E-state index contributed by atoms with van der Waals surface area (Å²) in [5, 5.41) is 15.3. The number of aromatic nitrogens is 4. The van der Waals surface area contributed by atoms with E-state index in [4.69, 9.17) is 9.97 Å². The first-order valence-corrected chi connectivity index (χ1v) is 15.0. The Hall–Kier alpha value is -6.25. The normalized spacial score (nSPS) is 11.6. The van der Waals surface area contributed by atoms with Crippen molar-refractivity contribution in [3.63, 3.8) is 0 Å². The molecule has 5 heteroatoms.